The van der Waals surface area contributed by atoms with Crippen LogP contribution in [0.1, 0.15) is 101 Å². The molecule has 1 heterocycles. The first-order valence-electron chi connectivity index (χ1n) is 24.7. The number of nitrogens with zero attached hydrogens (tertiary/aromatic N) is 3. The van der Waals surface area contributed by atoms with E-state index in [9.17, 15) is 0 Å². The molecular weight excluding hydrogens is 976 g/mol. The van der Waals surface area contributed by atoms with E-state index in [0.29, 0.717) is 28.2 Å². The molecule has 350 valence electrons. The van der Waals surface area contributed by atoms with Gasteiger partial charge < -0.3 is 19.8 Å². The standard InChI is InChI=1S/C58H54B10BrClN4/c1-28-19-33(57(8,9)10)20-29(2)51(28)68-73(55-49(66)46(63)45(62)47(64)50(55)67)41-18-17-35(26-42(41)74(68)54-39(60)27-38(59)44(61)48(54)65)71-40-24-34(58(11,12)13)25-43(52(40)69)72(37-21-30(3)53(70)31(4)22-37)36-16-14-15-32(23-36)56(5,6)7/h14-27,71H,1-13H3. The zero-order chi connectivity index (χ0) is 54.6. The fraction of sp³-hybridized carbons (Fsp3) is 0.276. The van der Waals surface area contributed by atoms with E-state index in [0.717, 1.165) is 76.8 Å². The molecule has 1 aliphatic heterocycles. The van der Waals surface area contributed by atoms with Crippen LogP contribution in [0.2, 0.25) is 5.02 Å². The minimum absolute atomic E-state index is 0.0991. The van der Waals surface area contributed by atoms with Gasteiger partial charge in [0.1, 0.15) is 70.6 Å². The van der Waals surface area contributed by atoms with E-state index in [1.165, 1.54) is 5.56 Å². The van der Waals surface area contributed by atoms with Crippen molar-refractivity contribution in [3.8, 4) is 0 Å². The Morgan fingerprint density at radius 1 is 0.500 bits per heavy atom. The molecule has 0 fully saturated rings. The summed E-state index contributed by atoms with van der Waals surface area (Å²) in [5.41, 5.74) is 16.0. The predicted molar refractivity (Wildman–Crippen MR) is 336 cm³/mol. The molecule has 8 rings (SSSR count). The second-order valence-electron chi connectivity index (χ2n) is 23.0. The summed E-state index contributed by atoms with van der Waals surface area (Å²) in [6.45, 7) is 27.4. The van der Waals surface area contributed by atoms with E-state index in [1.54, 1.807) is 6.07 Å². The molecule has 16 heteroatoms. The van der Waals surface area contributed by atoms with E-state index >= 15 is 0 Å². The first kappa shape index (κ1) is 55.4. The lowest BCUT2D eigenvalue weighted by molar-refractivity contribution is 0.589. The van der Waals surface area contributed by atoms with Crippen LogP contribution in [0.5, 0.6) is 0 Å². The summed E-state index contributed by atoms with van der Waals surface area (Å²) in [5, 5.41) is 4.59. The van der Waals surface area contributed by atoms with Gasteiger partial charge in [0, 0.05) is 33.5 Å². The molecule has 7 aromatic rings. The molecule has 0 saturated heterocycles. The number of hydrogen-bond acceptors (Lipinski definition) is 4. The number of fused-ring (bicyclic) bond motifs is 1. The molecule has 74 heavy (non-hydrogen) atoms. The molecule has 7 aromatic carbocycles. The third kappa shape index (κ3) is 9.92. The largest absolute Gasteiger partial charge is 0.421 e. The van der Waals surface area contributed by atoms with Gasteiger partial charge in [-0.3, -0.25) is 0 Å². The van der Waals surface area contributed by atoms with Crippen molar-refractivity contribution in [2.45, 2.75) is 106 Å². The molecule has 0 amide bonds. The van der Waals surface area contributed by atoms with Gasteiger partial charge in [0.2, 0.25) is 0 Å². The topological polar surface area (TPSA) is 21.8 Å². The van der Waals surface area contributed by atoms with Gasteiger partial charge in [-0.25, -0.2) is 0 Å². The number of aryl methyl sites for hydroxylation is 4. The van der Waals surface area contributed by atoms with Crippen LogP contribution in [0.3, 0.4) is 0 Å². The van der Waals surface area contributed by atoms with E-state index in [-0.39, 0.29) is 59.9 Å². The van der Waals surface area contributed by atoms with Gasteiger partial charge in [0.15, 0.2) is 0 Å². The first-order valence-corrected chi connectivity index (χ1v) is 25.9. The molecular formula is C58H54B10BrClN4. The highest BCUT2D eigenvalue weighted by atomic mass is 79.9. The maximum Gasteiger partial charge on any atom is 0.421 e. The number of benzene rings is 7. The van der Waals surface area contributed by atoms with Crippen LogP contribution in [-0.4, -0.2) is 77.6 Å². The van der Waals surface area contributed by atoms with Crippen molar-refractivity contribution in [3.63, 3.8) is 0 Å². The Hall–Kier alpha value is -4.84. The molecule has 4 nitrogen and oxygen atoms in total. The molecule has 1 aliphatic rings. The Bertz CT molecular complexity index is 3360. The minimum Gasteiger partial charge on any atom is -0.361 e. The van der Waals surface area contributed by atoms with Crippen LogP contribution in [0, 0.1) is 27.7 Å². The van der Waals surface area contributed by atoms with E-state index in [4.69, 9.17) is 82.2 Å². The zero-order valence-corrected chi connectivity index (χ0v) is 47.3. The molecule has 0 aliphatic carbocycles. The lowest BCUT2D eigenvalue weighted by Gasteiger charge is -2.37. The fourth-order valence-corrected chi connectivity index (χ4v) is 10.7. The number of nitrogens with one attached hydrogen (secondary N) is 1. The van der Waals surface area contributed by atoms with E-state index in [2.05, 4.69) is 174 Å². The highest BCUT2D eigenvalue weighted by molar-refractivity contribution is 9.10. The predicted octanol–water partition coefficient (Wildman–Crippen LogP) is 6.27. The van der Waals surface area contributed by atoms with E-state index < -0.39 is 6.98 Å². The van der Waals surface area contributed by atoms with Crippen molar-refractivity contribution in [2.75, 3.05) is 19.8 Å². The van der Waals surface area contributed by atoms with Gasteiger partial charge in [0.25, 0.3) is 0 Å². The highest BCUT2D eigenvalue weighted by Gasteiger charge is 2.47. The van der Waals surface area contributed by atoms with Crippen molar-refractivity contribution in [2.24, 2.45) is 0 Å². The summed E-state index contributed by atoms with van der Waals surface area (Å²) in [6, 6.07) is 29.6. The molecule has 0 aromatic heterocycles. The first-order chi connectivity index (χ1) is 34.3. The van der Waals surface area contributed by atoms with Crippen LogP contribution >= 0.6 is 27.5 Å². The van der Waals surface area contributed by atoms with Gasteiger partial charge in [-0.2, -0.15) is 0 Å². The van der Waals surface area contributed by atoms with Gasteiger partial charge in [-0.15, -0.1) is 27.3 Å². The molecule has 18 radical (unpaired) electrons. The summed E-state index contributed by atoms with van der Waals surface area (Å²) in [7, 11) is 61.2. The van der Waals surface area contributed by atoms with Crippen LogP contribution in [0.4, 0.5) is 51.2 Å². The summed E-state index contributed by atoms with van der Waals surface area (Å²) in [6.07, 6.45) is 0. The maximum absolute atomic E-state index is 7.09. The maximum atomic E-state index is 7.09. The summed E-state index contributed by atoms with van der Waals surface area (Å²) >= 11 is 11.0. The SMILES string of the molecule is [B]c1cc([B])c(N2B(c3c(C)cc(C(C)(C)C)cc3C)N(c3c([B])c([B])c([B])c([B])c3[B])c3ccc(Nc4cc(C(C)(C)C)cc(N(c5cccc(C(C)(C)C)c5)c5cc(C)c(Cl)c(C)c5)c4Br)cc32)c([B])c1[B]. The third-order valence-corrected chi connectivity index (χ3v) is 15.8. The zero-order valence-electron chi connectivity index (χ0n) is 45.0. The lowest BCUT2D eigenvalue weighted by Crippen LogP contribution is -2.62. The number of rotatable bonds is 8. The minimum atomic E-state index is -0.750. The Kier molecular flexibility index (Phi) is 14.9. The molecule has 0 saturated carbocycles. The van der Waals surface area contributed by atoms with Gasteiger partial charge in [0.05, 0.1) is 27.2 Å². The molecule has 0 spiro atoms. The van der Waals surface area contributed by atoms with Crippen molar-refractivity contribution in [1.82, 2.24) is 0 Å². The average Bonchev–Trinajstić information content (AvgIpc) is 3.61. The normalized spacial score (nSPS) is 12.9. The quantitative estimate of drug-likeness (QED) is 0.182. The smallest absolute Gasteiger partial charge is 0.361 e. The highest BCUT2D eigenvalue weighted by Crippen LogP contribution is 2.50. The number of anilines is 9. The van der Waals surface area contributed by atoms with Crippen molar-refractivity contribution in [3.05, 3.63) is 133 Å². The average molecular weight is 1030 g/mol. The fourth-order valence-electron chi connectivity index (χ4n) is 10.1. The Morgan fingerprint density at radius 2 is 1.01 bits per heavy atom. The van der Waals surface area contributed by atoms with Crippen LogP contribution in [0.15, 0.2) is 89.4 Å². The Morgan fingerprint density at radius 3 is 1.57 bits per heavy atom. The molecule has 1 N–H and O–H groups in total. The Labute approximate surface area is 467 Å². The van der Waals surface area contributed by atoms with Crippen molar-refractivity contribution in [1.29, 1.82) is 0 Å². The number of hydrogen-bond donors (Lipinski definition) is 1. The third-order valence-electron chi connectivity index (χ3n) is 14.4. The molecule has 0 atom stereocenters. The van der Waals surface area contributed by atoms with Gasteiger partial charge >= 0.3 is 6.98 Å². The van der Waals surface area contributed by atoms with Gasteiger partial charge in [-0.05, 0) is 148 Å². The molecule has 0 bridgehead atoms. The molecule has 0 unspecified atom stereocenters. The second kappa shape index (κ2) is 19.9. The van der Waals surface area contributed by atoms with Crippen LogP contribution < -0.4 is 74.5 Å². The summed E-state index contributed by atoms with van der Waals surface area (Å²) < 4.78 is 0.826. The van der Waals surface area contributed by atoms with E-state index in [1.807, 2.05) is 30.8 Å². The summed E-state index contributed by atoms with van der Waals surface area (Å²) in [4.78, 5) is 6.42. The number of halogens is 2. The Balaban J connectivity index is 1.43. The van der Waals surface area contributed by atoms with Crippen LogP contribution in [-0.2, 0) is 16.2 Å². The second-order valence-corrected chi connectivity index (χ2v) is 24.2. The lowest BCUT2D eigenvalue weighted by atomic mass is 9.56. The monoisotopic (exact) mass is 1030 g/mol. The summed E-state index contributed by atoms with van der Waals surface area (Å²) in [5.74, 6) is 0. The van der Waals surface area contributed by atoms with Crippen molar-refractivity contribution >= 4 is 211 Å². The van der Waals surface area contributed by atoms with Gasteiger partial charge in [-0.1, -0.05) is 137 Å². The van der Waals surface area contributed by atoms with Crippen LogP contribution in [0.25, 0.3) is 0 Å². The van der Waals surface area contributed by atoms with Crippen molar-refractivity contribution < 1.29 is 0 Å².